The lowest BCUT2D eigenvalue weighted by molar-refractivity contribution is -0.115. The molecule has 0 bridgehead atoms. The predicted molar refractivity (Wildman–Crippen MR) is 60.7 cm³/mol. The second-order valence-corrected chi connectivity index (χ2v) is 4.19. The smallest absolute Gasteiger partial charge is 0.238 e. The van der Waals surface area contributed by atoms with Gasteiger partial charge in [-0.2, -0.15) is 5.26 Å². The van der Waals surface area contributed by atoms with E-state index in [0.29, 0.717) is 5.69 Å². The van der Waals surface area contributed by atoms with Crippen molar-refractivity contribution in [3.05, 3.63) is 27.1 Å². The van der Waals surface area contributed by atoms with Crippen molar-refractivity contribution >= 4 is 43.5 Å². The topological polar surface area (TPSA) is 52.9 Å². The van der Waals surface area contributed by atoms with Gasteiger partial charge in [-0.05, 0) is 44.0 Å². The lowest BCUT2D eigenvalue weighted by Crippen LogP contribution is -2.10. The molecule has 0 atom stereocenters. The molecule has 1 aromatic carbocycles. The zero-order valence-corrected chi connectivity index (χ0v) is 10.2. The average Bonchev–Trinajstić information content (AvgIpc) is 2.12. The molecule has 5 heteroatoms. The molecule has 0 unspecified atom stereocenters. The fourth-order valence-electron chi connectivity index (χ4n) is 0.873. The summed E-state index contributed by atoms with van der Waals surface area (Å²) >= 11 is 6.60. The number of hydrogen-bond acceptors (Lipinski definition) is 2. The summed E-state index contributed by atoms with van der Waals surface area (Å²) < 4.78 is 1.55. The van der Waals surface area contributed by atoms with Crippen LogP contribution in [-0.2, 0) is 4.79 Å². The molecule has 1 rings (SSSR count). The van der Waals surface area contributed by atoms with Crippen LogP contribution < -0.4 is 5.32 Å². The first-order chi connectivity index (χ1) is 6.65. The molecule has 0 heterocycles. The van der Waals surface area contributed by atoms with Gasteiger partial charge < -0.3 is 5.32 Å². The lowest BCUT2D eigenvalue weighted by Gasteiger charge is -2.07. The molecule has 3 nitrogen and oxygen atoms in total. The van der Waals surface area contributed by atoms with E-state index in [-0.39, 0.29) is 12.3 Å². The maximum Gasteiger partial charge on any atom is 0.238 e. The molecule has 0 aliphatic carbocycles. The minimum absolute atomic E-state index is 0.145. The Morgan fingerprint density at radius 2 is 2.00 bits per heavy atom. The summed E-state index contributed by atoms with van der Waals surface area (Å²) in [5.74, 6) is -0.319. The van der Waals surface area contributed by atoms with Crippen molar-refractivity contribution in [1.82, 2.24) is 0 Å². The molecule has 0 aromatic heterocycles. The highest BCUT2D eigenvalue weighted by Crippen LogP contribution is 2.30. The summed E-state index contributed by atoms with van der Waals surface area (Å²) in [7, 11) is 0. The van der Waals surface area contributed by atoms with Gasteiger partial charge in [-0.3, -0.25) is 4.79 Å². The summed E-state index contributed by atoms with van der Waals surface area (Å²) in [5.41, 5.74) is 0.646. The van der Waals surface area contributed by atoms with Crippen molar-refractivity contribution in [2.24, 2.45) is 0 Å². The molecule has 0 aliphatic heterocycles. The minimum atomic E-state index is -0.319. The predicted octanol–water partition coefficient (Wildman–Crippen LogP) is 3.06. The quantitative estimate of drug-likeness (QED) is 0.911. The van der Waals surface area contributed by atoms with E-state index in [4.69, 9.17) is 5.26 Å². The van der Waals surface area contributed by atoms with Crippen LogP contribution in [-0.4, -0.2) is 5.91 Å². The summed E-state index contributed by atoms with van der Waals surface area (Å²) in [6.07, 6.45) is -0.145. The van der Waals surface area contributed by atoms with Crippen molar-refractivity contribution < 1.29 is 4.79 Å². The van der Waals surface area contributed by atoms with Gasteiger partial charge in [0.1, 0.15) is 6.42 Å². The van der Waals surface area contributed by atoms with E-state index in [1.165, 1.54) is 0 Å². The van der Waals surface area contributed by atoms with Crippen LogP contribution in [0.5, 0.6) is 0 Å². The second kappa shape index (κ2) is 5.13. The number of nitrogens with one attached hydrogen (secondary N) is 1. The van der Waals surface area contributed by atoms with Gasteiger partial charge in [-0.15, -0.1) is 0 Å². The molecule has 72 valence electrons. The first kappa shape index (κ1) is 11.2. The van der Waals surface area contributed by atoms with E-state index in [1.807, 2.05) is 18.2 Å². The summed E-state index contributed by atoms with van der Waals surface area (Å²) in [4.78, 5) is 11.1. The molecule has 1 N–H and O–H groups in total. The first-order valence-electron chi connectivity index (χ1n) is 3.76. The summed E-state index contributed by atoms with van der Waals surface area (Å²) in [6.45, 7) is 0. The Bertz CT molecular complexity index is 378. The SMILES string of the molecule is N#CCC(=O)Nc1c(Br)cccc1Br. The van der Waals surface area contributed by atoms with E-state index in [1.54, 1.807) is 6.07 Å². The van der Waals surface area contributed by atoms with Crippen molar-refractivity contribution in [1.29, 1.82) is 5.26 Å². The number of rotatable bonds is 2. The molecule has 0 radical (unpaired) electrons. The van der Waals surface area contributed by atoms with Gasteiger partial charge in [0.2, 0.25) is 5.91 Å². The number of para-hydroxylation sites is 1. The fourth-order valence-corrected chi connectivity index (χ4v) is 2.07. The van der Waals surface area contributed by atoms with Crippen molar-refractivity contribution in [2.75, 3.05) is 5.32 Å². The van der Waals surface area contributed by atoms with Gasteiger partial charge in [0, 0.05) is 8.95 Å². The maximum absolute atomic E-state index is 11.1. The Kier molecular flexibility index (Phi) is 4.11. The van der Waals surface area contributed by atoms with Gasteiger partial charge in [-0.1, -0.05) is 6.07 Å². The van der Waals surface area contributed by atoms with Crippen molar-refractivity contribution in [3.63, 3.8) is 0 Å². The number of anilines is 1. The highest BCUT2D eigenvalue weighted by Gasteiger charge is 2.07. The number of amides is 1. The van der Waals surface area contributed by atoms with Gasteiger partial charge in [0.15, 0.2) is 0 Å². The monoisotopic (exact) mass is 316 g/mol. The molecule has 1 aromatic rings. The number of nitrogens with zero attached hydrogens (tertiary/aromatic N) is 1. The van der Waals surface area contributed by atoms with E-state index >= 15 is 0 Å². The molecule has 0 aliphatic rings. The van der Waals surface area contributed by atoms with E-state index in [0.717, 1.165) is 8.95 Å². The van der Waals surface area contributed by atoms with Gasteiger partial charge in [-0.25, -0.2) is 0 Å². The van der Waals surface area contributed by atoms with Crippen LogP contribution in [0, 0.1) is 11.3 Å². The molecular weight excluding hydrogens is 312 g/mol. The summed E-state index contributed by atoms with van der Waals surface area (Å²) in [6, 6.07) is 7.25. The third-order valence-corrected chi connectivity index (χ3v) is 2.79. The van der Waals surface area contributed by atoms with Crippen LogP contribution >= 0.6 is 31.9 Å². The number of hydrogen-bond donors (Lipinski definition) is 1. The lowest BCUT2D eigenvalue weighted by atomic mass is 10.3. The molecule has 14 heavy (non-hydrogen) atoms. The fraction of sp³-hybridized carbons (Fsp3) is 0.111. The number of nitriles is 1. The Balaban J connectivity index is 2.87. The summed E-state index contributed by atoms with van der Waals surface area (Å²) in [5, 5.41) is 10.9. The molecule has 0 fully saturated rings. The Morgan fingerprint density at radius 3 is 2.50 bits per heavy atom. The van der Waals surface area contributed by atoms with Crippen LogP contribution in [0.15, 0.2) is 27.1 Å². The minimum Gasteiger partial charge on any atom is -0.323 e. The zero-order chi connectivity index (χ0) is 10.6. The third kappa shape index (κ3) is 2.82. The van der Waals surface area contributed by atoms with E-state index in [9.17, 15) is 4.79 Å². The van der Waals surface area contributed by atoms with E-state index in [2.05, 4.69) is 37.2 Å². The molecule has 0 saturated heterocycles. The first-order valence-corrected chi connectivity index (χ1v) is 5.34. The van der Waals surface area contributed by atoms with Gasteiger partial charge in [0.05, 0.1) is 11.8 Å². The second-order valence-electron chi connectivity index (χ2n) is 2.48. The van der Waals surface area contributed by atoms with Crippen molar-refractivity contribution in [3.8, 4) is 6.07 Å². The normalized spacial score (nSPS) is 9.21. The van der Waals surface area contributed by atoms with Crippen LogP contribution in [0.25, 0.3) is 0 Å². The average molecular weight is 318 g/mol. The Hall–Kier alpha value is -0.860. The van der Waals surface area contributed by atoms with Crippen LogP contribution in [0.2, 0.25) is 0 Å². The van der Waals surface area contributed by atoms with E-state index < -0.39 is 0 Å². The number of carbonyl (C=O) groups is 1. The van der Waals surface area contributed by atoms with Crippen molar-refractivity contribution in [2.45, 2.75) is 6.42 Å². The highest BCUT2D eigenvalue weighted by molar-refractivity contribution is 9.11. The zero-order valence-electron chi connectivity index (χ0n) is 7.05. The molecule has 0 spiro atoms. The number of benzene rings is 1. The van der Waals surface area contributed by atoms with Gasteiger partial charge in [0.25, 0.3) is 0 Å². The van der Waals surface area contributed by atoms with Gasteiger partial charge >= 0.3 is 0 Å². The third-order valence-electron chi connectivity index (χ3n) is 1.47. The maximum atomic E-state index is 11.1. The largest absolute Gasteiger partial charge is 0.323 e. The molecular formula is C9H6Br2N2O. The number of halogens is 2. The van der Waals surface area contributed by atoms with Crippen LogP contribution in [0.1, 0.15) is 6.42 Å². The van der Waals surface area contributed by atoms with Crippen LogP contribution in [0.3, 0.4) is 0 Å². The highest BCUT2D eigenvalue weighted by atomic mass is 79.9. The molecule has 0 saturated carbocycles. The standard InChI is InChI=1S/C9H6Br2N2O/c10-6-2-1-3-7(11)9(6)13-8(14)4-5-12/h1-3H,4H2,(H,13,14). The van der Waals surface area contributed by atoms with Crippen LogP contribution in [0.4, 0.5) is 5.69 Å². The Morgan fingerprint density at radius 1 is 1.43 bits per heavy atom. The Labute approximate surface area is 98.4 Å². The molecule has 1 amide bonds. The number of carbonyl (C=O) groups excluding carboxylic acids is 1.